The number of halogens is 1. The lowest BCUT2D eigenvalue weighted by Crippen LogP contribution is -2.36. The molecule has 2 rings (SSSR count). The molecule has 0 aliphatic heterocycles. The van der Waals surface area contributed by atoms with Crippen LogP contribution < -0.4 is 15.4 Å². The van der Waals surface area contributed by atoms with E-state index in [1.165, 1.54) is 5.56 Å². The summed E-state index contributed by atoms with van der Waals surface area (Å²) in [4.78, 5) is 4.61. The molecule has 0 fully saturated rings. The number of guanidine groups is 1. The molecule has 0 spiro atoms. The van der Waals surface area contributed by atoms with Gasteiger partial charge in [-0.2, -0.15) is 11.3 Å². The van der Waals surface area contributed by atoms with Gasteiger partial charge in [0.1, 0.15) is 12.4 Å². The second-order valence-electron chi connectivity index (χ2n) is 5.17. The van der Waals surface area contributed by atoms with Gasteiger partial charge in [-0.05, 0) is 47.0 Å². The van der Waals surface area contributed by atoms with Crippen molar-refractivity contribution in [2.24, 2.45) is 4.99 Å². The van der Waals surface area contributed by atoms with Gasteiger partial charge in [-0.3, -0.25) is 0 Å². The second-order valence-corrected chi connectivity index (χ2v) is 5.95. The maximum absolute atomic E-state index is 5.64. The van der Waals surface area contributed by atoms with Crippen LogP contribution in [-0.2, 0) is 17.8 Å². The number of hydrogen-bond donors (Lipinski definition) is 2. The Hall–Kier alpha value is -1.32. The molecule has 0 atom stereocenters. The molecule has 0 aliphatic rings. The number of hydrogen-bond acceptors (Lipinski definition) is 4. The maximum atomic E-state index is 5.64. The van der Waals surface area contributed by atoms with Gasteiger partial charge >= 0.3 is 0 Å². The first-order chi connectivity index (χ1) is 11.8. The lowest BCUT2D eigenvalue weighted by molar-refractivity contribution is 0.146. The van der Waals surface area contributed by atoms with Crippen LogP contribution in [0.2, 0.25) is 0 Å². The molecule has 1 aromatic heterocycles. The summed E-state index contributed by atoms with van der Waals surface area (Å²) < 4.78 is 10.6. The zero-order chi connectivity index (χ0) is 17.0. The van der Waals surface area contributed by atoms with Gasteiger partial charge in [0.15, 0.2) is 5.96 Å². The summed E-state index contributed by atoms with van der Waals surface area (Å²) >= 11 is 1.69. The van der Waals surface area contributed by atoms with Gasteiger partial charge in [0.05, 0.1) is 13.2 Å². The van der Waals surface area contributed by atoms with E-state index in [1.54, 1.807) is 18.4 Å². The van der Waals surface area contributed by atoms with E-state index in [1.807, 2.05) is 18.2 Å². The number of ether oxygens (including phenoxy) is 2. The summed E-state index contributed by atoms with van der Waals surface area (Å²) in [5.41, 5.74) is 2.37. The Morgan fingerprint density at radius 3 is 2.76 bits per heavy atom. The number of nitrogens with zero attached hydrogens (tertiary/aromatic N) is 1. The summed E-state index contributed by atoms with van der Waals surface area (Å²) in [6.45, 7) is 5.40. The molecule has 1 heterocycles. The van der Waals surface area contributed by atoms with Crippen LogP contribution in [0, 0.1) is 0 Å². The first-order valence-corrected chi connectivity index (χ1v) is 9.00. The van der Waals surface area contributed by atoms with Crippen molar-refractivity contribution in [1.82, 2.24) is 10.6 Å². The minimum absolute atomic E-state index is 0. The molecule has 0 unspecified atom stereocenters. The topological polar surface area (TPSA) is 54.9 Å². The molecule has 0 radical (unpaired) electrons. The van der Waals surface area contributed by atoms with Gasteiger partial charge in [0.25, 0.3) is 0 Å². The van der Waals surface area contributed by atoms with E-state index in [2.05, 4.69) is 45.4 Å². The summed E-state index contributed by atoms with van der Waals surface area (Å²) in [5, 5.41) is 10.8. The monoisotopic (exact) mass is 475 g/mol. The molecular weight excluding hydrogens is 449 g/mol. The first-order valence-electron chi connectivity index (χ1n) is 8.05. The summed E-state index contributed by atoms with van der Waals surface area (Å²) in [6, 6.07) is 10.1. The number of aliphatic imine (C=N–C) groups is 1. The number of nitrogens with one attached hydrogen (secondary N) is 2. The second kappa shape index (κ2) is 13.0. The van der Waals surface area contributed by atoms with Gasteiger partial charge in [0.2, 0.25) is 0 Å². The molecule has 1 aromatic carbocycles. The van der Waals surface area contributed by atoms with E-state index < -0.39 is 0 Å². The van der Waals surface area contributed by atoms with Gasteiger partial charge in [-0.25, -0.2) is 4.99 Å². The van der Waals surface area contributed by atoms with Crippen molar-refractivity contribution in [3.05, 3.63) is 52.2 Å². The number of methoxy groups -OCH3 is 1. The van der Waals surface area contributed by atoms with Crippen molar-refractivity contribution >= 4 is 41.3 Å². The SMILES string of the molecule is CCNC(=NCc1ccsc1)NCc1cccc(OCCOC)c1.I. The van der Waals surface area contributed by atoms with Gasteiger partial charge in [-0.15, -0.1) is 24.0 Å². The Bertz CT molecular complexity index is 621. The Kier molecular flexibility index (Phi) is 11.3. The average molecular weight is 475 g/mol. The molecule has 0 saturated carbocycles. The van der Waals surface area contributed by atoms with Crippen molar-refractivity contribution in [2.75, 3.05) is 26.9 Å². The van der Waals surface area contributed by atoms with E-state index >= 15 is 0 Å². The molecule has 0 bridgehead atoms. The highest BCUT2D eigenvalue weighted by Crippen LogP contribution is 2.13. The Morgan fingerprint density at radius 2 is 2.04 bits per heavy atom. The van der Waals surface area contributed by atoms with E-state index in [4.69, 9.17) is 9.47 Å². The predicted molar refractivity (Wildman–Crippen MR) is 115 cm³/mol. The minimum atomic E-state index is 0. The zero-order valence-electron chi connectivity index (χ0n) is 14.7. The molecule has 0 saturated heterocycles. The van der Waals surface area contributed by atoms with Crippen LogP contribution in [0.1, 0.15) is 18.1 Å². The van der Waals surface area contributed by atoms with Crippen molar-refractivity contribution in [3.63, 3.8) is 0 Å². The highest BCUT2D eigenvalue weighted by molar-refractivity contribution is 14.0. The summed E-state index contributed by atoms with van der Waals surface area (Å²) in [6.07, 6.45) is 0. The molecule has 25 heavy (non-hydrogen) atoms. The van der Waals surface area contributed by atoms with Gasteiger partial charge < -0.3 is 20.1 Å². The average Bonchev–Trinajstić information content (AvgIpc) is 3.11. The third kappa shape index (κ3) is 8.55. The number of rotatable bonds is 9. The van der Waals surface area contributed by atoms with Crippen LogP contribution in [-0.4, -0.2) is 32.8 Å². The lowest BCUT2D eigenvalue weighted by atomic mass is 10.2. The Balaban J connectivity index is 0.00000312. The van der Waals surface area contributed by atoms with Crippen molar-refractivity contribution in [1.29, 1.82) is 0 Å². The van der Waals surface area contributed by atoms with Crippen LogP contribution in [0.15, 0.2) is 46.1 Å². The van der Waals surface area contributed by atoms with Crippen LogP contribution in [0.25, 0.3) is 0 Å². The molecule has 138 valence electrons. The van der Waals surface area contributed by atoms with Crippen LogP contribution in [0.5, 0.6) is 5.75 Å². The first kappa shape index (κ1) is 21.7. The van der Waals surface area contributed by atoms with Crippen molar-refractivity contribution in [2.45, 2.75) is 20.0 Å². The van der Waals surface area contributed by atoms with Crippen LogP contribution in [0.4, 0.5) is 0 Å². The fraction of sp³-hybridized carbons (Fsp3) is 0.389. The lowest BCUT2D eigenvalue weighted by Gasteiger charge is -2.12. The minimum Gasteiger partial charge on any atom is -0.491 e. The quantitative estimate of drug-likeness (QED) is 0.252. The molecular formula is C18H26IN3O2S. The fourth-order valence-corrected chi connectivity index (χ4v) is 2.73. The van der Waals surface area contributed by atoms with E-state index in [0.29, 0.717) is 26.3 Å². The predicted octanol–water partition coefficient (Wildman–Crippen LogP) is 3.65. The van der Waals surface area contributed by atoms with Crippen LogP contribution >= 0.6 is 35.3 Å². The van der Waals surface area contributed by atoms with E-state index in [0.717, 1.165) is 23.8 Å². The molecule has 2 N–H and O–H groups in total. The normalized spacial score (nSPS) is 10.9. The van der Waals surface area contributed by atoms with Crippen molar-refractivity contribution in [3.8, 4) is 5.75 Å². The summed E-state index contributed by atoms with van der Waals surface area (Å²) in [5.74, 6) is 1.67. The largest absolute Gasteiger partial charge is 0.491 e. The fourth-order valence-electron chi connectivity index (χ4n) is 2.07. The van der Waals surface area contributed by atoms with Gasteiger partial charge in [0, 0.05) is 20.2 Å². The summed E-state index contributed by atoms with van der Waals surface area (Å²) in [7, 11) is 1.67. The molecule has 2 aromatic rings. The van der Waals surface area contributed by atoms with Gasteiger partial charge in [-0.1, -0.05) is 12.1 Å². The zero-order valence-corrected chi connectivity index (χ0v) is 17.8. The number of thiophene rings is 1. The molecule has 7 heteroatoms. The van der Waals surface area contributed by atoms with Crippen molar-refractivity contribution < 1.29 is 9.47 Å². The third-order valence-corrected chi connectivity index (χ3v) is 3.99. The van der Waals surface area contributed by atoms with Crippen LogP contribution in [0.3, 0.4) is 0 Å². The third-order valence-electron chi connectivity index (χ3n) is 3.26. The molecule has 0 amide bonds. The Morgan fingerprint density at radius 1 is 1.16 bits per heavy atom. The molecule has 0 aliphatic carbocycles. The molecule has 5 nitrogen and oxygen atoms in total. The maximum Gasteiger partial charge on any atom is 0.191 e. The van der Waals surface area contributed by atoms with E-state index in [9.17, 15) is 0 Å². The highest BCUT2D eigenvalue weighted by Gasteiger charge is 2.01. The smallest absolute Gasteiger partial charge is 0.191 e. The highest BCUT2D eigenvalue weighted by atomic mass is 127. The van der Waals surface area contributed by atoms with E-state index in [-0.39, 0.29) is 24.0 Å². The Labute approximate surface area is 170 Å². The number of benzene rings is 1. The standard InChI is InChI=1S/C18H25N3O2S.HI/c1-3-19-18(21-13-16-7-10-24-14-16)20-12-15-5-4-6-17(11-15)23-9-8-22-2;/h4-7,10-11,14H,3,8-9,12-13H2,1-2H3,(H2,19,20,21);1H.